The van der Waals surface area contributed by atoms with Crippen molar-refractivity contribution in [2.24, 2.45) is 5.92 Å². The molecular formula is C14H18N4O3S2. The number of hydrogen-bond donors (Lipinski definition) is 1. The number of aromatic nitrogens is 3. The van der Waals surface area contributed by atoms with E-state index in [2.05, 4.69) is 15.2 Å². The molecule has 0 aliphatic carbocycles. The van der Waals surface area contributed by atoms with Crippen LogP contribution in [0.4, 0.5) is 0 Å². The van der Waals surface area contributed by atoms with Gasteiger partial charge < -0.3 is 4.90 Å². The summed E-state index contributed by atoms with van der Waals surface area (Å²) < 4.78 is 23.5. The number of thiazole rings is 1. The average Bonchev–Trinajstić information content (AvgIpc) is 3.17. The Kier molecular flexibility index (Phi) is 4.49. The highest BCUT2D eigenvalue weighted by atomic mass is 32.2. The number of H-pyrrole nitrogens is 1. The maximum absolute atomic E-state index is 12.4. The lowest BCUT2D eigenvalue weighted by Gasteiger charge is -2.32. The fraction of sp³-hybridized carbons (Fsp3) is 0.500. The first-order valence-corrected chi connectivity index (χ1v) is 10.1. The molecule has 1 N–H and O–H groups in total. The molecule has 7 nitrogen and oxygen atoms in total. The van der Waals surface area contributed by atoms with Gasteiger partial charge in [0.05, 0.1) is 23.6 Å². The maximum Gasteiger partial charge on any atom is 0.265 e. The predicted octanol–water partition coefficient (Wildman–Crippen LogP) is 1.36. The van der Waals surface area contributed by atoms with Crippen molar-refractivity contribution in [1.82, 2.24) is 20.1 Å². The minimum absolute atomic E-state index is 0.00477. The summed E-state index contributed by atoms with van der Waals surface area (Å²) in [5.74, 6) is 0.228. The highest BCUT2D eigenvalue weighted by Gasteiger charge is 2.27. The van der Waals surface area contributed by atoms with E-state index in [4.69, 9.17) is 0 Å². The van der Waals surface area contributed by atoms with E-state index in [1.807, 2.05) is 4.90 Å². The van der Waals surface area contributed by atoms with Crippen LogP contribution in [0, 0.1) is 5.92 Å². The van der Waals surface area contributed by atoms with Gasteiger partial charge in [-0.2, -0.15) is 5.10 Å². The third kappa shape index (κ3) is 3.61. The van der Waals surface area contributed by atoms with Crippen molar-refractivity contribution >= 4 is 27.1 Å². The van der Waals surface area contributed by atoms with E-state index in [-0.39, 0.29) is 16.7 Å². The lowest BCUT2D eigenvalue weighted by Crippen LogP contribution is -2.40. The van der Waals surface area contributed by atoms with Crippen LogP contribution < -0.4 is 0 Å². The quantitative estimate of drug-likeness (QED) is 0.894. The first-order chi connectivity index (χ1) is 10.9. The van der Waals surface area contributed by atoms with E-state index < -0.39 is 9.84 Å². The molecule has 1 amide bonds. The van der Waals surface area contributed by atoms with Crippen molar-refractivity contribution in [2.75, 3.05) is 19.3 Å². The number of nitrogens with zero attached hydrogens (tertiary/aromatic N) is 3. The first kappa shape index (κ1) is 16.1. The van der Waals surface area contributed by atoms with E-state index in [0.29, 0.717) is 23.5 Å². The minimum Gasteiger partial charge on any atom is -0.338 e. The topological polar surface area (TPSA) is 96.0 Å². The van der Waals surface area contributed by atoms with E-state index in [1.54, 1.807) is 11.7 Å². The van der Waals surface area contributed by atoms with Crippen LogP contribution in [0.5, 0.6) is 0 Å². The van der Waals surface area contributed by atoms with Crippen molar-refractivity contribution in [3.05, 3.63) is 28.5 Å². The number of likely N-dealkylation sites (tertiary alicyclic amines) is 1. The summed E-state index contributed by atoms with van der Waals surface area (Å²) in [5.41, 5.74) is 2.28. The summed E-state index contributed by atoms with van der Waals surface area (Å²) in [4.78, 5) is 19.1. The fourth-order valence-electron chi connectivity index (χ4n) is 2.95. The lowest BCUT2D eigenvalue weighted by molar-refractivity contribution is 0.0677. The Hall–Kier alpha value is -1.74. The molecule has 2 aromatic heterocycles. The third-order valence-corrected chi connectivity index (χ3v) is 5.93. The monoisotopic (exact) mass is 354 g/mol. The normalized spacial score (nSPS) is 19.0. The molecule has 3 rings (SSSR count). The van der Waals surface area contributed by atoms with Gasteiger partial charge in [-0.25, -0.2) is 8.42 Å². The molecule has 0 bridgehead atoms. The van der Waals surface area contributed by atoms with Crippen molar-refractivity contribution < 1.29 is 13.2 Å². The van der Waals surface area contributed by atoms with Crippen molar-refractivity contribution in [3.8, 4) is 0 Å². The van der Waals surface area contributed by atoms with Crippen molar-refractivity contribution in [2.45, 2.75) is 24.2 Å². The van der Waals surface area contributed by atoms with E-state index >= 15 is 0 Å². The summed E-state index contributed by atoms with van der Waals surface area (Å²) in [6.07, 6.45) is 6.59. The predicted molar refractivity (Wildman–Crippen MR) is 86.1 cm³/mol. The van der Waals surface area contributed by atoms with Crippen LogP contribution in [0.3, 0.4) is 0 Å². The number of piperidine rings is 1. The number of hydrogen-bond acceptors (Lipinski definition) is 6. The van der Waals surface area contributed by atoms with Crippen LogP contribution in [0.15, 0.2) is 22.8 Å². The highest BCUT2D eigenvalue weighted by molar-refractivity contribution is 7.90. The second kappa shape index (κ2) is 6.40. The Morgan fingerprint density at radius 3 is 3.00 bits per heavy atom. The molecule has 124 valence electrons. The Morgan fingerprint density at radius 2 is 2.30 bits per heavy atom. The van der Waals surface area contributed by atoms with E-state index in [0.717, 1.165) is 19.4 Å². The number of rotatable bonds is 4. The molecule has 1 saturated heterocycles. The first-order valence-electron chi connectivity index (χ1n) is 7.35. The van der Waals surface area contributed by atoms with Crippen LogP contribution in [-0.4, -0.2) is 53.8 Å². The van der Waals surface area contributed by atoms with Gasteiger partial charge in [-0.3, -0.25) is 14.9 Å². The van der Waals surface area contributed by atoms with Gasteiger partial charge in [0.25, 0.3) is 5.91 Å². The third-order valence-electron chi connectivity index (χ3n) is 4.02. The molecule has 3 heterocycles. The Bertz CT molecular complexity index is 783. The van der Waals surface area contributed by atoms with Crippen LogP contribution in [0.2, 0.25) is 0 Å². The second-order valence-corrected chi connectivity index (χ2v) is 8.68. The summed E-state index contributed by atoms with van der Waals surface area (Å²) in [5, 5.41) is 6.65. The molecule has 9 heteroatoms. The van der Waals surface area contributed by atoms with Gasteiger partial charge in [0.2, 0.25) is 0 Å². The SMILES string of the molecule is CS(=O)(=O)c1cn[nH]c1C[C@@H]1CCCN(C(=O)c2cncs2)C1. The average molecular weight is 354 g/mol. The van der Waals surface area contributed by atoms with Crippen LogP contribution in [-0.2, 0) is 16.3 Å². The number of carbonyl (C=O) groups is 1. The van der Waals surface area contributed by atoms with Gasteiger partial charge >= 0.3 is 0 Å². The molecule has 0 radical (unpaired) electrons. The van der Waals surface area contributed by atoms with E-state index in [9.17, 15) is 13.2 Å². The molecule has 1 aliphatic heterocycles. The van der Waals surface area contributed by atoms with Gasteiger partial charge in [-0.05, 0) is 25.2 Å². The van der Waals surface area contributed by atoms with Gasteiger partial charge in [-0.15, -0.1) is 11.3 Å². The van der Waals surface area contributed by atoms with Gasteiger partial charge in [0, 0.05) is 19.3 Å². The number of nitrogens with one attached hydrogen (secondary N) is 1. The zero-order valence-corrected chi connectivity index (χ0v) is 14.4. The molecule has 2 aromatic rings. The lowest BCUT2D eigenvalue weighted by atomic mass is 9.93. The van der Waals surface area contributed by atoms with Crippen molar-refractivity contribution in [3.63, 3.8) is 0 Å². The molecule has 0 spiro atoms. The van der Waals surface area contributed by atoms with Crippen LogP contribution in [0.25, 0.3) is 0 Å². The Balaban J connectivity index is 1.70. The van der Waals surface area contributed by atoms with Gasteiger partial charge in [0.1, 0.15) is 9.77 Å². The Morgan fingerprint density at radius 1 is 1.48 bits per heavy atom. The summed E-state index contributed by atoms with van der Waals surface area (Å²) in [7, 11) is -3.29. The molecule has 23 heavy (non-hydrogen) atoms. The second-order valence-electron chi connectivity index (χ2n) is 5.81. The highest BCUT2D eigenvalue weighted by Crippen LogP contribution is 2.24. The van der Waals surface area contributed by atoms with Gasteiger partial charge in [-0.1, -0.05) is 0 Å². The molecular weight excluding hydrogens is 336 g/mol. The summed E-state index contributed by atoms with van der Waals surface area (Å²) >= 11 is 1.34. The van der Waals surface area contributed by atoms with Crippen LogP contribution >= 0.6 is 11.3 Å². The number of sulfone groups is 1. The maximum atomic E-state index is 12.4. The number of aromatic amines is 1. The number of amides is 1. The Labute approximate surface area is 138 Å². The van der Waals surface area contributed by atoms with E-state index in [1.165, 1.54) is 23.8 Å². The summed E-state index contributed by atoms with van der Waals surface area (Å²) in [6, 6.07) is 0. The minimum atomic E-state index is -3.29. The number of carbonyl (C=O) groups excluding carboxylic acids is 1. The standard InChI is InChI=1S/C14H18N4O3S2/c1-23(20,21)13-7-16-17-11(13)5-10-3-2-4-18(8-10)14(19)12-6-15-9-22-12/h6-7,9-10H,2-5,8H2,1H3,(H,16,17)/t10-/m0/s1. The molecule has 1 aliphatic rings. The zero-order valence-electron chi connectivity index (χ0n) is 12.7. The van der Waals surface area contributed by atoms with Gasteiger partial charge in [0.15, 0.2) is 9.84 Å². The molecule has 0 saturated carbocycles. The largest absolute Gasteiger partial charge is 0.338 e. The molecule has 1 fully saturated rings. The van der Waals surface area contributed by atoms with Crippen LogP contribution in [0.1, 0.15) is 28.2 Å². The zero-order chi connectivity index (χ0) is 16.4. The fourth-order valence-corrected chi connectivity index (χ4v) is 4.36. The summed E-state index contributed by atoms with van der Waals surface area (Å²) in [6.45, 7) is 1.36. The smallest absolute Gasteiger partial charge is 0.265 e. The van der Waals surface area contributed by atoms with Crippen molar-refractivity contribution in [1.29, 1.82) is 0 Å². The molecule has 0 aromatic carbocycles. The molecule has 0 unspecified atom stereocenters. The molecule has 1 atom stereocenters.